The average Bonchev–Trinajstić information content (AvgIpc) is 2.55. The lowest BCUT2D eigenvalue weighted by molar-refractivity contribution is 0.133. The summed E-state index contributed by atoms with van der Waals surface area (Å²) in [5.41, 5.74) is 7.27. The van der Waals surface area contributed by atoms with E-state index in [2.05, 4.69) is 33.8 Å². The van der Waals surface area contributed by atoms with E-state index < -0.39 is 0 Å². The van der Waals surface area contributed by atoms with Gasteiger partial charge in [0.1, 0.15) is 5.82 Å². The summed E-state index contributed by atoms with van der Waals surface area (Å²) < 4.78 is 0. The minimum atomic E-state index is 0.253. The Balaban J connectivity index is 1.61. The zero-order chi connectivity index (χ0) is 14.7. The van der Waals surface area contributed by atoms with Gasteiger partial charge in [0.15, 0.2) is 0 Å². The van der Waals surface area contributed by atoms with Gasteiger partial charge in [-0.1, -0.05) is 19.4 Å². The fourth-order valence-corrected chi connectivity index (χ4v) is 3.54. The van der Waals surface area contributed by atoms with Gasteiger partial charge < -0.3 is 10.6 Å². The summed E-state index contributed by atoms with van der Waals surface area (Å²) >= 11 is 0. The van der Waals surface area contributed by atoms with Gasteiger partial charge in [-0.3, -0.25) is 4.90 Å². The molecule has 0 saturated carbocycles. The van der Waals surface area contributed by atoms with Crippen molar-refractivity contribution in [2.24, 2.45) is 5.73 Å². The fraction of sp³-hybridized carbons (Fsp3) is 0.706. The Labute approximate surface area is 128 Å². The highest BCUT2D eigenvalue weighted by molar-refractivity contribution is 5.40. The van der Waals surface area contributed by atoms with Gasteiger partial charge in [-0.15, -0.1) is 0 Å². The molecule has 116 valence electrons. The summed E-state index contributed by atoms with van der Waals surface area (Å²) in [6, 6.07) is 5.37. The standard InChI is InChI=1S/C17H28N4/c1-2-15(18)11-14-6-7-17(19-12-14)21-10-9-20-8-4-3-5-16(20)13-21/h6-7,12,15-16H,2-5,8-11,13,18H2,1H3. The van der Waals surface area contributed by atoms with E-state index in [1.165, 1.54) is 37.9 Å². The van der Waals surface area contributed by atoms with Crippen LogP contribution in [0.4, 0.5) is 5.82 Å². The number of nitrogens with zero attached hydrogens (tertiary/aromatic N) is 3. The van der Waals surface area contributed by atoms with Crippen LogP contribution in [0.2, 0.25) is 0 Å². The first kappa shape index (κ1) is 14.8. The average molecular weight is 288 g/mol. The van der Waals surface area contributed by atoms with E-state index in [4.69, 9.17) is 5.73 Å². The molecule has 4 nitrogen and oxygen atoms in total. The second kappa shape index (κ2) is 6.75. The summed E-state index contributed by atoms with van der Waals surface area (Å²) in [5, 5.41) is 0. The molecular formula is C17H28N4. The molecule has 2 fully saturated rings. The highest BCUT2D eigenvalue weighted by Gasteiger charge is 2.29. The fourth-order valence-electron chi connectivity index (χ4n) is 3.54. The maximum atomic E-state index is 6.02. The molecule has 1 aromatic rings. The van der Waals surface area contributed by atoms with Crippen molar-refractivity contribution in [3.05, 3.63) is 23.9 Å². The maximum absolute atomic E-state index is 6.02. The van der Waals surface area contributed by atoms with Crippen LogP contribution in [0.25, 0.3) is 0 Å². The highest BCUT2D eigenvalue weighted by Crippen LogP contribution is 2.24. The highest BCUT2D eigenvalue weighted by atomic mass is 15.3. The van der Waals surface area contributed by atoms with Gasteiger partial charge in [0.2, 0.25) is 0 Å². The number of pyridine rings is 1. The normalized spacial score (nSPS) is 24.7. The number of aromatic nitrogens is 1. The molecule has 2 atom stereocenters. The van der Waals surface area contributed by atoms with Gasteiger partial charge in [0, 0.05) is 37.9 Å². The number of hydrogen-bond acceptors (Lipinski definition) is 4. The molecule has 3 rings (SSSR count). The van der Waals surface area contributed by atoms with E-state index in [-0.39, 0.29) is 6.04 Å². The predicted molar refractivity (Wildman–Crippen MR) is 87.6 cm³/mol. The molecule has 1 aromatic heterocycles. The van der Waals surface area contributed by atoms with Crippen molar-refractivity contribution in [2.45, 2.75) is 51.1 Å². The molecule has 2 saturated heterocycles. The Bertz CT molecular complexity index is 445. The molecule has 0 spiro atoms. The molecule has 0 radical (unpaired) electrons. The lowest BCUT2D eigenvalue weighted by Gasteiger charge is -2.44. The third-order valence-corrected chi connectivity index (χ3v) is 4.99. The van der Waals surface area contributed by atoms with E-state index in [1.807, 2.05) is 6.20 Å². The zero-order valence-electron chi connectivity index (χ0n) is 13.2. The molecule has 2 aliphatic rings. The molecule has 0 aromatic carbocycles. The minimum Gasteiger partial charge on any atom is -0.354 e. The molecule has 0 aliphatic carbocycles. The van der Waals surface area contributed by atoms with Crippen molar-refractivity contribution in [1.29, 1.82) is 0 Å². The Morgan fingerprint density at radius 1 is 1.29 bits per heavy atom. The quantitative estimate of drug-likeness (QED) is 0.921. The van der Waals surface area contributed by atoms with Gasteiger partial charge >= 0.3 is 0 Å². The molecular weight excluding hydrogens is 260 g/mol. The Hall–Kier alpha value is -1.13. The maximum Gasteiger partial charge on any atom is 0.128 e. The Morgan fingerprint density at radius 3 is 2.95 bits per heavy atom. The topological polar surface area (TPSA) is 45.4 Å². The van der Waals surface area contributed by atoms with Crippen LogP contribution in [0.1, 0.15) is 38.2 Å². The van der Waals surface area contributed by atoms with Crippen LogP contribution in [-0.4, -0.2) is 48.1 Å². The van der Waals surface area contributed by atoms with E-state index in [1.54, 1.807) is 0 Å². The molecule has 0 bridgehead atoms. The second-order valence-electron chi connectivity index (χ2n) is 6.53. The molecule has 4 heteroatoms. The van der Waals surface area contributed by atoms with Crippen LogP contribution in [0.3, 0.4) is 0 Å². The zero-order valence-corrected chi connectivity index (χ0v) is 13.2. The van der Waals surface area contributed by atoms with E-state index in [0.29, 0.717) is 0 Å². The summed E-state index contributed by atoms with van der Waals surface area (Å²) in [6.45, 7) is 6.86. The first-order valence-corrected chi connectivity index (χ1v) is 8.45. The van der Waals surface area contributed by atoms with Crippen molar-refractivity contribution < 1.29 is 0 Å². The van der Waals surface area contributed by atoms with Crippen LogP contribution in [0.15, 0.2) is 18.3 Å². The summed E-state index contributed by atoms with van der Waals surface area (Å²) in [5.74, 6) is 1.13. The molecule has 2 aliphatic heterocycles. The van der Waals surface area contributed by atoms with E-state index >= 15 is 0 Å². The number of rotatable bonds is 4. The van der Waals surface area contributed by atoms with Crippen LogP contribution >= 0.6 is 0 Å². The number of anilines is 1. The Kier molecular flexibility index (Phi) is 4.76. The van der Waals surface area contributed by atoms with Gasteiger partial charge in [-0.05, 0) is 43.9 Å². The molecule has 3 heterocycles. The van der Waals surface area contributed by atoms with E-state index in [9.17, 15) is 0 Å². The van der Waals surface area contributed by atoms with Crippen molar-refractivity contribution >= 4 is 5.82 Å². The van der Waals surface area contributed by atoms with Gasteiger partial charge in [0.05, 0.1) is 0 Å². The summed E-state index contributed by atoms with van der Waals surface area (Å²) in [7, 11) is 0. The predicted octanol–water partition coefficient (Wildman–Crippen LogP) is 2.04. The van der Waals surface area contributed by atoms with Crippen molar-refractivity contribution in [3.8, 4) is 0 Å². The van der Waals surface area contributed by atoms with Crippen LogP contribution in [0.5, 0.6) is 0 Å². The van der Waals surface area contributed by atoms with Crippen LogP contribution in [-0.2, 0) is 6.42 Å². The first-order valence-electron chi connectivity index (χ1n) is 8.45. The van der Waals surface area contributed by atoms with Crippen molar-refractivity contribution in [1.82, 2.24) is 9.88 Å². The summed E-state index contributed by atoms with van der Waals surface area (Å²) in [6.07, 6.45) is 8.07. The monoisotopic (exact) mass is 288 g/mol. The third-order valence-electron chi connectivity index (χ3n) is 4.99. The molecule has 21 heavy (non-hydrogen) atoms. The molecule has 2 unspecified atom stereocenters. The Morgan fingerprint density at radius 2 is 2.19 bits per heavy atom. The van der Waals surface area contributed by atoms with Gasteiger partial charge in [-0.25, -0.2) is 4.98 Å². The number of fused-ring (bicyclic) bond motifs is 1. The van der Waals surface area contributed by atoms with Gasteiger partial charge in [-0.2, -0.15) is 0 Å². The smallest absolute Gasteiger partial charge is 0.128 e. The second-order valence-corrected chi connectivity index (χ2v) is 6.53. The lowest BCUT2D eigenvalue weighted by atomic mass is 9.99. The molecule has 2 N–H and O–H groups in total. The molecule has 0 amide bonds. The number of piperidine rings is 1. The van der Waals surface area contributed by atoms with E-state index in [0.717, 1.165) is 37.8 Å². The number of hydrogen-bond donors (Lipinski definition) is 1. The van der Waals surface area contributed by atoms with Crippen molar-refractivity contribution in [3.63, 3.8) is 0 Å². The lowest BCUT2D eigenvalue weighted by Crippen LogP contribution is -2.55. The summed E-state index contributed by atoms with van der Waals surface area (Å²) in [4.78, 5) is 9.79. The third kappa shape index (κ3) is 3.55. The largest absolute Gasteiger partial charge is 0.354 e. The van der Waals surface area contributed by atoms with Crippen LogP contribution in [0, 0.1) is 0 Å². The van der Waals surface area contributed by atoms with Crippen molar-refractivity contribution in [2.75, 3.05) is 31.1 Å². The number of nitrogens with two attached hydrogens (primary N) is 1. The number of piperazine rings is 1. The van der Waals surface area contributed by atoms with Gasteiger partial charge in [0.25, 0.3) is 0 Å². The van der Waals surface area contributed by atoms with Crippen LogP contribution < -0.4 is 10.6 Å². The minimum absolute atomic E-state index is 0.253. The SMILES string of the molecule is CCC(N)Cc1ccc(N2CCN3CCCCC3C2)nc1. The first-order chi connectivity index (χ1) is 10.3.